The predicted octanol–water partition coefficient (Wildman–Crippen LogP) is 3.46. The summed E-state index contributed by atoms with van der Waals surface area (Å²) in [6.45, 7) is 13.9. The SMILES string of the molecule is CCC1(C=C(C)C)CCN(C(C)C)C1. The first-order valence-electron chi connectivity index (χ1n) is 5.89. The zero-order valence-corrected chi connectivity index (χ0v) is 10.4. The summed E-state index contributed by atoms with van der Waals surface area (Å²) in [5, 5.41) is 0. The summed E-state index contributed by atoms with van der Waals surface area (Å²) in [6.07, 6.45) is 5.11. The van der Waals surface area contributed by atoms with Gasteiger partial charge >= 0.3 is 0 Å². The monoisotopic (exact) mass is 195 g/mol. The molecule has 0 aromatic heterocycles. The Balaban J connectivity index is 2.71. The fourth-order valence-electron chi connectivity index (χ4n) is 2.49. The number of rotatable bonds is 3. The third kappa shape index (κ3) is 2.60. The molecule has 0 N–H and O–H groups in total. The standard InChI is InChI=1S/C13H25N/c1-6-13(9-11(2)3)7-8-14(10-13)12(4)5/h9,12H,6-8,10H2,1-5H3. The highest BCUT2D eigenvalue weighted by Gasteiger charge is 2.35. The van der Waals surface area contributed by atoms with Crippen LogP contribution in [0.4, 0.5) is 0 Å². The van der Waals surface area contributed by atoms with E-state index in [1.807, 2.05) is 0 Å². The van der Waals surface area contributed by atoms with Gasteiger partial charge in [-0.2, -0.15) is 0 Å². The predicted molar refractivity (Wildman–Crippen MR) is 63.5 cm³/mol. The van der Waals surface area contributed by atoms with E-state index in [0.717, 1.165) is 0 Å². The van der Waals surface area contributed by atoms with Crippen molar-refractivity contribution in [2.45, 2.75) is 53.5 Å². The normalized spacial score (nSPS) is 28.4. The van der Waals surface area contributed by atoms with Crippen molar-refractivity contribution in [1.29, 1.82) is 0 Å². The molecule has 0 bridgehead atoms. The molecule has 1 heterocycles. The third-order valence-electron chi connectivity index (χ3n) is 3.44. The molecular formula is C13H25N. The molecule has 1 aliphatic rings. The average molecular weight is 195 g/mol. The number of hydrogen-bond acceptors (Lipinski definition) is 1. The van der Waals surface area contributed by atoms with E-state index in [4.69, 9.17) is 0 Å². The first kappa shape index (κ1) is 11.8. The Hall–Kier alpha value is -0.300. The molecule has 0 radical (unpaired) electrons. The van der Waals surface area contributed by atoms with Crippen molar-refractivity contribution >= 4 is 0 Å². The van der Waals surface area contributed by atoms with Crippen molar-refractivity contribution in [3.8, 4) is 0 Å². The van der Waals surface area contributed by atoms with E-state index < -0.39 is 0 Å². The summed E-state index contributed by atoms with van der Waals surface area (Å²) in [7, 11) is 0. The summed E-state index contributed by atoms with van der Waals surface area (Å²) >= 11 is 0. The van der Waals surface area contributed by atoms with E-state index in [9.17, 15) is 0 Å². The first-order valence-corrected chi connectivity index (χ1v) is 5.89. The van der Waals surface area contributed by atoms with E-state index in [1.165, 1.54) is 31.5 Å². The third-order valence-corrected chi connectivity index (χ3v) is 3.44. The molecule has 1 aliphatic heterocycles. The fourth-order valence-corrected chi connectivity index (χ4v) is 2.49. The van der Waals surface area contributed by atoms with E-state index in [2.05, 4.69) is 45.6 Å². The smallest absolute Gasteiger partial charge is 0.00759 e. The minimum Gasteiger partial charge on any atom is -0.300 e. The van der Waals surface area contributed by atoms with Gasteiger partial charge < -0.3 is 4.90 Å². The molecule has 1 rings (SSSR count). The van der Waals surface area contributed by atoms with Crippen molar-refractivity contribution in [2.24, 2.45) is 5.41 Å². The lowest BCUT2D eigenvalue weighted by atomic mass is 9.83. The minimum atomic E-state index is 0.475. The second kappa shape index (κ2) is 4.48. The molecule has 1 nitrogen and oxygen atoms in total. The van der Waals surface area contributed by atoms with Gasteiger partial charge in [0.1, 0.15) is 0 Å². The van der Waals surface area contributed by atoms with Crippen LogP contribution in [0, 0.1) is 5.41 Å². The van der Waals surface area contributed by atoms with Crippen LogP contribution in [0.5, 0.6) is 0 Å². The van der Waals surface area contributed by atoms with Crippen molar-refractivity contribution in [3.63, 3.8) is 0 Å². The molecule has 14 heavy (non-hydrogen) atoms. The van der Waals surface area contributed by atoms with Crippen molar-refractivity contribution in [3.05, 3.63) is 11.6 Å². The Kier molecular flexibility index (Phi) is 3.77. The highest BCUT2D eigenvalue weighted by atomic mass is 15.2. The number of likely N-dealkylation sites (tertiary alicyclic amines) is 1. The largest absolute Gasteiger partial charge is 0.300 e. The molecule has 0 amide bonds. The summed E-state index contributed by atoms with van der Waals surface area (Å²) < 4.78 is 0. The van der Waals surface area contributed by atoms with Crippen molar-refractivity contribution in [1.82, 2.24) is 4.90 Å². The van der Waals surface area contributed by atoms with E-state index in [0.29, 0.717) is 11.5 Å². The molecule has 1 saturated heterocycles. The lowest BCUT2D eigenvalue weighted by Gasteiger charge is -2.27. The summed E-state index contributed by atoms with van der Waals surface area (Å²) in [6, 6.07) is 0.703. The Morgan fingerprint density at radius 1 is 1.43 bits per heavy atom. The van der Waals surface area contributed by atoms with Crippen LogP contribution >= 0.6 is 0 Å². The lowest BCUT2D eigenvalue weighted by molar-refractivity contribution is 0.244. The van der Waals surface area contributed by atoms with Gasteiger partial charge in [0.2, 0.25) is 0 Å². The van der Waals surface area contributed by atoms with Crippen LogP contribution in [-0.4, -0.2) is 24.0 Å². The highest BCUT2D eigenvalue weighted by molar-refractivity contribution is 5.09. The fraction of sp³-hybridized carbons (Fsp3) is 0.846. The topological polar surface area (TPSA) is 3.24 Å². The average Bonchev–Trinajstić information content (AvgIpc) is 2.49. The van der Waals surface area contributed by atoms with Gasteiger partial charge in [-0.05, 0) is 47.1 Å². The second-order valence-corrected chi connectivity index (χ2v) is 5.25. The molecule has 1 unspecified atom stereocenters. The maximum absolute atomic E-state index is 2.60. The molecule has 1 fully saturated rings. The van der Waals surface area contributed by atoms with Crippen LogP contribution in [0.2, 0.25) is 0 Å². The molecule has 0 spiro atoms. The van der Waals surface area contributed by atoms with Gasteiger partial charge in [-0.25, -0.2) is 0 Å². The van der Waals surface area contributed by atoms with Gasteiger partial charge in [0.25, 0.3) is 0 Å². The van der Waals surface area contributed by atoms with Gasteiger partial charge in [-0.15, -0.1) is 0 Å². The Labute approximate surface area is 89.2 Å². The van der Waals surface area contributed by atoms with Crippen molar-refractivity contribution < 1.29 is 0 Å². The maximum Gasteiger partial charge on any atom is 0.00759 e. The van der Waals surface area contributed by atoms with Gasteiger partial charge in [-0.1, -0.05) is 18.6 Å². The van der Waals surface area contributed by atoms with E-state index in [1.54, 1.807) is 0 Å². The van der Waals surface area contributed by atoms with Crippen LogP contribution in [-0.2, 0) is 0 Å². The molecule has 1 heteroatoms. The molecule has 0 aromatic rings. The maximum atomic E-state index is 2.60. The molecule has 82 valence electrons. The van der Waals surface area contributed by atoms with Gasteiger partial charge in [0.15, 0.2) is 0 Å². The summed E-state index contributed by atoms with van der Waals surface area (Å²) in [5.74, 6) is 0. The van der Waals surface area contributed by atoms with Crippen molar-refractivity contribution in [2.75, 3.05) is 13.1 Å². The van der Waals surface area contributed by atoms with E-state index >= 15 is 0 Å². The number of nitrogens with zero attached hydrogens (tertiary/aromatic N) is 1. The Morgan fingerprint density at radius 2 is 2.07 bits per heavy atom. The molecule has 0 aromatic carbocycles. The quantitative estimate of drug-likeness (QED) is 0.623. The molecule has 0 saturated carbocycles. The Morgan fingerprint density at radius 3 is 2.43 bits per heavy atom. The van der Waals surface area contributed by atoms with Crippen LogP contribution in [0.1, 0.15) is 47.5 Å². The molecule has 1 atom stereocenters. The van der Waals surface area contributed by atoms with Crippen LogP contribution < -0.4 is 0 Å². The number of hydrogen-bond donors (Lipinski definition) is 0. The zero-order chi connectivity index (χ0) is 10.8. The lowest BCUT2D eigenvalue weighted by Crippen LogP contribution is -2.31. The van der Waals surface area contributed by atoms with Crippen LogP contribution in [0.3, 0.4) is 0 Å². The zero-order valence-electron chi connectivity index (χ0n) is 10.4. The number of allylic oxidation sites excluding steroid dienone is 1. The second-order valence-electron chi connectivity index (χ2n) is 5.25. The van der Waals surface area contributed by atoms with Gasteiger partial charge in [-0.3, -0.25) is 0 Å². The molecular weight excluding hydrogens is 170 g/mol. The summed E-state index contributed by atoms with van der Waals surface area (Å²) in [5.41, 5.74) is 1.95. The minimum absolute atomic E-state index is 0.475. The molecule has 0 aliphatic carbocycles. The van der Waals surface area contributed by atoms with Crippen LogP contribution in [0.15, 0.2) is 11.6 Å². The van der Waals surface area contributed by atoms with E-state index in [-0.39, 0.29) is 0 Å². The Bertz CT molecular complexity index is 213. The van der Waals surface area contributed by atoms with Gasteiger partial charge in [0.05, 0.1) is 0 Å². The summed E-state index contributed by atoms with van der Waals surface area (Å²) in [4.78, 5) is 2.60. The van der Waals surface area contributed by atoms with Crippen LogP contribution in [0.25, 0.3) is 0 Å². The first-order chi connectivity index (χ1) is 6.49. The highest BCUT2D eigenvalue weighted by Crippen LogP contribution is 2.37. The van der Waals surface area contributed by atoms with Gasteiger partial charge in [0, 0.05) is 18.0 Å².